The summed E-state index contributed by atoms with van der Waals surface area (Å²) in [5.74, 6) is -1.62. The van der Waals surface area contributed by atoms with Gasteiger partial charge in [-0.3, -0.25) is 9.59 Å². The Morgan fingerprint density at radius 1 is 1.32 bits per heavy atom. The highest BCUT2D eigenvalue weighted by atomic mass is 35.5. The van der Waals surface area contributed by atoms with Crippen molar-refractivity contribution in [1.29, 1.82) is 5.26 Å². The fraction of sp³-hybridized carbons (Fsp3) is 0.235. The normalized spacial score (nSPS) is 11.6. The van der Waals surface area contributed by atoms with E-state index >= 15 is 0 Å². The number of rotatable bonds is 5. The quantitative estimate of drug-likeness (QED) is 0.785. The topological polar surface area (TPSA) is 85.2 Å². The van der Waals surface area contributed by atoms with Crippen LogP contribution in [0.3, 0.4) is 0 Å². The Labute approximate surface area is 155 Å². The first kappa shape index (κ1) is 18.9. The molecule has 0 aliphatic carbocycles. The van der Waals surface area contributed by atoms with Crippen LogP contribution in [0.1, 0.15) is 16.5 Å². The number of amides is 2. The average Bonchev–Trinajstić information content (AvgIpc) is 3.09. The standard InChI is InChI=1S/C17H17ClN4O2S/c1-22(2)14(15-4-3-7-25-15)10-20-16(23)17(24)21-13-8-12(18)6-5-11(13)9-19/h3-8,14H,10H2,1-2H3,(H,20,23)(H,21,24)/t14-/m1/s1. The summed E-state index contributed by atoms with van der Waals surface area (Å²) in [6, 6.07) is 10.3. The van der Waals surface area contributed by atoms with Crippen LogP contribution in [-0.2, 0) is 9.59 Å². The van der Waals surface area contributed by atoms with Crippen molar-refractivity contribution in [3.05, 3.63) is 51.2 Å². The zero-order valence-electron chi connectivity index (χ0n) is 13.7. The van der Waals surface area contributed by atoms with Crippen LogP contribution in [-0.4, -0.2) is 37.4 Å². The van der Waals surface area contributed by atoms with E-state index in [0.29, 0.717) is 11.6 Å². The van der Waals surface area contributed by atoms with Crippen LogP contribution in [0.15, 0.2) is 35.7 Å². The molecule has 8 heteroatoms. The third-order valence-electron chi connectivity index (χ3n) is 3.51. The van der Waals surface area contributed by atoms with E-state index in [0.717, 1.165) is 4.88 Å². The van der Waals surface area contributed by atoms with Crippen LogP contribution in [0.4, 0.5) is 5.69 Å². The molecule has 2 N–H and O–H groups in total. The van der Waals surface area contributed by atoms with E-state index < -0.39 is 11.8 Å². The Hall–Kier alpha value is -2.40. The molecule has 2 aromatic rings. The number of thiophene rings is 1. The van der Waals surface area contributed by atoms with Gasteiger partial charge in [-0.05, 0) is 43.7 Å². The van der Waals surface area contributed by atoms with Gasteiger partial charge in [0, 0.05) is 16.4 Å². The van der Waals surface area contributed by atoms with Crippen LogP contribution in [0.5, 0.6) is 0 Å². The van der Waals surface area contributed by atoms with E-state index in [9.17, 15) is 9.59 Å². The number of carbonyl (C=O) groups excluding carboxylic acids is 2. The highest BCUT2D eigenvalue weighted by Crippen LogP contribution is 2.22. The molecule has 0 radical (unpaired) electrons. The summed E-state index contributed by atoms with van der Waals surface area (Å²) >= 11 is 7.45. The van der Waals surface area contributed by atoms with Gasteiger partial charge in [0.1, 0.15) is 6.07 Å². The van der Waals surface area contributed by atoms with Crippen molar-refractivity contribution >= 4 is 40.4 Å². The van der Waals surface area contributed by atoms with Crippen molar-refractivity contribution in [2.75, 3.05) is 26.0 Å². The van der Waals surface area contributed by atoms with E-state index in [2.05, 4.69) is 10.6 Å². The molecule has 0 spiro atoms. The third-order valence-corrected chi connectivity index (χ3v) is 4.72. The lowest BCUT2D eigenvalue weighted by molar-refractivity contribution is -0.136. The lowest BCUT2D eigenvalue weighted by Crippen LogP contribution is -2.40. The average molecular weight is 377 g/mol. The maximum absolute atomic E-state index is 12.1. The zero-order chi connectivity index (χ0) is 18.4. The van der Waals surface area contributed by atoms with Crippen molar-refractivity contribution < 1.29 is 9.59 Å². The number of hydrogen-bond acceptors (Lipinski definition) is 5. The summed E-state index contributed by atoms with van der Waals surface area (Å²) < 4.78 is 0. The van der Waals surface area contributed by atoms with Gasteiger partial charge in [-0.2, -0.15) is 5.26 Å². The van der Waals surface area contributed by atoms with Gasteiger partial charge in [-0.25, -0.2) is 0 Å². The van der Waals surface area contributed by atoms with E-state index in [1.807, 2.05) is 42.6 Å². The molecule has 1 aromatic heterocycles. The molecule has 6 nitrogen and oxygen atoms in total. The molecule has 0 saturated heterocycles. The summed E-state index contributed by atoms with van der Waals surface area (Å²) in [6.45, 7) is 0.292. The fourth-order valence-corrected chi connectivity index (χ4v) is 3.28. The second-order valence-electron chi connectivity index (χ2n) is 5.46. The van der Waals surface area contributed by atoms with E-state index in [4.69, 9.17) is 16.9 Å². The minimum Gasteiger partial charge on any atom is -0.346 e. The second-order valence-corrected chi connectivity index (χ2v) is 6.88. The van der Waals surface area contributed by atoms with Crippen LogP contribution < -0.4 is 10.6 Å². The maximum Gasteiger partial charge on any atom is 0.313 e. The number of nitrogens with zero attached hydrogens (tertiary/aromatic N) is 2. The highest BCUT2D eigenvalue weighted by Gasteiger charge is 2.20. The molecular formula is C17H17ClN4O2S. The first-order valence-corrected chi connectivity index (χ1v) is 8.66. The zero-order valence-corrected chi connectivity index (χ0v) is 15.3. The van der Waals surface area contributed by atoms with Crippen molar-refractivity contribution in [1.82, 2.24) is 10.2 Å². The fourth-order valence-electron chi connectivity index (χ4n) is 2.18. The molecule has 0 saturated carbocycles. The number of anilines is 1. The molecule has 130 valence electrons. The smallest absolute Gasteiger partial charge is 0.313 e. The first-order valence-electron chi connectivity index (χ1n) is 7.41. The van der Waals surface area contributed by atoms with Gasteiger partial charge in [0.25, 0.3) is 0 Å². The predicted octanol–water partition coefficient (Wildman–Crippen LogP) is 2.63. The Balaban J connectivity index is 2.00. The molecule has 0 unspecified atom stereocenters. The van der Waals surface area contributed by atoms with Gasteiger partial charge in [0.05, 0.1) is 17.3 Å². The summed E-state index contributed by atoms with van der Waals surface area (Å²) in [4.78, 5) is 27.2. The SMILES string of the molecule is CN(C)[C@H](CNC(=O)C(=O)Nc1cc(Cl)ccc1C#N)c1cccs1. The number of carbonyl (C=O) groups is 2. The summed E-state index contributed by atoms with van der Waals surface area (Å²) in [7, 11) is 3.81. The molecule has 1 heterocycles. The predicted molar refractivity (Wildman–Crippen MR) is 98.6 cm³/mol. The van der Waals surface area contributed by atoms with Crippen LogP contribution >= 0.6 is 22.9 Å². The third kappa shape index (κ3) is 5.03. The van der Waals surface area contributed by atoms with E-state index in [1.165, 1.54) is 12.1 Å². The van der Waals surface area contributed by atoms with E-state index in [-0.39, 0.29) is 17.3 Å². The van der Waals surface area contributed by atoms with Crippen molar-refractivity contribution in [2.24, 2.45) is 0 Å². The molecule has 25 heavy (non-hydrogen) atoms. The number of likely N-dealkylation sites (N-methyl/N-ethyl adjacent to an activating group) is 1. The minimum atomic E-state index is -0.845. The number of benzene rings is 1. The van der Waals surface area contributed by atoms with Crippen molar-refractivity contribution in [3.63, 3.8) is 0 Å². The first-order chi connectivity index (χ1) is 11.9. The largest absolute Gasteiger partial charge is 0.346 e. The number of hydrogen-bond donors (Lipinski definition) is 2. The number of nitrogens with one attached hydrogen (secondary N) is 2. The Morgan fingerprint density at radius 3 is 2.68 bits per heavy atom. The van der Waals surface area contributed by atoms with Crippen LogP contribution in [0.2, 0.25) is 5.02 Å². The van der Waals surface area contributed by atoms with Gasteiger partial charge in [0.2, 0.25) is 0 Å². The van der Waals surface area contributed by atoms with Gasteiger partial charge in [-0.1, -0.05) is 17.7 Å². The van der Waals surface area contributed by atoms with Crippen LogP contribution in [0.25, 0.3) is 0 Å². The van der Waals surface area contributed by atoms with Crippen LogP contribution in [0, 0.1) is 11.3 Å². The number of halogens is 1. The lowest BCUT2D eigenvalue weighted by Gasteiger charge is -2.23. The number of nitriles is 1. The monoisotopic (exact) mass is 376 g/mol. The molecular weight excluding hydrogens is 360 g/mol. The molecule has 0 bridgehead atoms. The molecule has 1 atom stereocenters. The Bertz CT molecular complexity index is 799. The Morgan fingerprint density at radius 2 is 2.08 bits per heavy atom. The Kier molecular flexibility index (Phi) is 6.53. The van der Waals surface area contributed by atoms with Crippen molar-refractivity contribution in [3.8, 4) is 6.07 Å². The maximum atomic E-state index is 12.1. The summed E-state index contributed by atoms with van der Waals surface area (Å²) in [5.41, 5.74) is 0.438. The molecule has 1 aromatic carbocycles. The lowest BCUT2D eigenvalue weighted by atomic mass is 10.2. The molecule has 2 rings (SSSR count). The molecule has 0 aliphatic heterocycles. The molecule has 0 fully saturated rings. The van der Waals surface area contributed by atoms with Gasteiger partial charge in [-0.15, -0.1) is 11.3 Å². The summed E-state index contributed by atoms with van der Waals surface area (Å²) in [5, 5.41) is 16.4. The van der Waals surface area contributed by atoms with Gasteiger partial charge < -0.3 is 15.5 Å². The molecule has 0 aliphatic rings. The highest BCUT2D eigenvalue weighted by molar-refractivity contribution is 7.10. The summed E-state index contributed by atoms with van der Waals surface area (Å²) in [6.07, 6.45) is 0. The second kappa shape index (κ2) is 8.62. The minimum absolute atomic E-state index is 0.0300. The molecule has 2 amide bonds. The van der Waals surface area contributed by atoms with Gasteiger partial charge in [0.15, 0.2) is 0 Å². The van der Waals surface area contributed by atoms with Gasteiger partial charge >= 0.3 is 11.8 Å². The van der Waals surface area contributed by atoms with E-state index in [1.54, 1.807) is 17.4 Å². The van der Waals surface area contributed by atoms with Crippen molar-refractivity contribution in [2.45, 2.75) is 6.04 Å².